The van der Waals surface area contributed by atoms with Crippen molar-refractivity contribution >= 4 is 17.1 Å². The predicted octanol–water partition coefficient (Wildman–Crippen LogP) is 1.52. The molecule has 0 spiro atoms. The zero-order valence-corrected chi connectivity index (χ0v) is 10.6. The Kier molecular flexibility index (Phi) is 2.23. The number of nitrogen functional groups attached to an aromatic ring is 1. The first-order chi connectivity index (χ1) is 8.47. The van der Waals surface area contributed by atoms with Crippen molar-refractivity contribution in [2.24, 2.45) is 5.41 Å². The molecule has 1 unspecified atom stereocenters. The summed E-state index contributed by atoms with van der Waals surface area (Å²) in [6, 6.07) is 0. The van der Waals surface area contributed by atoms with E-state index in [0.29, 0.717) is 17.1 Å². The van der Waals surface area contributed by atoms with E-state index in [1.807, 2.05) is 0 Å². The SMILES string of the molecule is CC1(C)CCCC1c1nc2nc(N)[nH]c(=O)c2[nH]1. The van der Waals surface area contributed by atoms with Gasteiger partial charge in [0.05, 0.1) is 0 Å². The molecule has 18 heavy (non-hydrogen) atoms. The van der Waals surface area contributed by atoms with Gasteiger partial charge in [0, 0.05) is 5.92 Å². The summed E-state index contributed by atoms with van der Waals surface area (Å²) in [6.07, 6.45) is 3.47. The van der Waals surface area contributed by atoms with E-state index in [4.69, 9.17) is 5.73 Å². The molecule has 4 N–H and O–H groups in total. The van der Waals surface area contributed by atoms with Crippen molar-refractivity contribution in [3.05, 3.63) is 16.2 Å². The van der Waals surface area contributed by atoms with Gasteiger partial charge in [-0.25, -0.2) is 4.98 Å². The monoisotopic (exact) mass is 247 g/mol. The van der Waals surface area contributed by atoms with Crippen LogP contribution in [0.2, 0.25) is 0 Å². The summed E-state index contributed by atoms with van der Waals surface area (Å²) in [5, 5.41) is 0. The van der Waals surface area contributed by atoms with Gasteiger partial charge in [0.25, 0.3) is 5.56 Å². The summed E-state index contributed by atoms with van der Waals surface area (Å²) >= 11 is 0. The molecule has 2 aromatic rings. The van der Waals surface area contributed by atoms with Crippen LogP contribution in [0.1, 0.15) is 44.9 Å². The summed E-state index contributed by atoms with van der Waals surface area (Å²) in [4.78, 5) is 25.8. The van der Waals surface area contributed by atoms with E-state index < -0.39 is 0 Å². The van der Waals surface area contributed by atoms with Crippen molar-refractivity contribution in [1.82, 2.24) is 19.9 Å². The molecule has 6 heteroatoms. The second kappa shape index (κ2) is 3.57. The number of hydrogen-bond donors (Lipinski definition) is 3. The summed E-state index contributed by atoms with van der Waals surface area (Å²) in [6.45, 7) is 4.48. The lowest BCUT2D eigenvalue weighted by Gasteiger charge is -2.24. The molecule has 1 fully saturated rings. The minimum Gasteiger partial charge on any atom is -0.369 e. The second-order valence-corrected chi connectivity index (χ2v) is 5.71. The van der Waals surface area contributed by atoms with Gasteiger partial charge in [-0.05, 0) is 18.3 Å². The van der Waals surface area contributed by atoms with Crippen LogP contribution in [0, 0.1) is 5.41 Å². The molecule has 0 saturated heterocycles. The Morgan fingerprint density at radius 2 is 2.11 bits per heavy atom. The third kappa shape index (κ3) is 1.60. The Hall–Kier alpha value is -1.85. The van der Waals surface area contributed by atoms with Crippen LogP contribution in [-0.4, -0.2) is 19.9 Å². The number of rotatable bonds is 1. The molecule has 0 bridgehead atoms. The predicted molar refractivity (Wildman–Crippen MR) is 69.3 cm³/mol. The minimum atomic E-state index is -0.257. The molecule has 0 aromatic carbocycles. The van der Waals surface area contributed by atoms with Crippen molar-refractivity contribution in [1.29, 1.82) is 0 Å². The van der Waals surface area contributed by atoms with Crippen molar-refractivity contribution in [2.45, 2.75) is 39.0 Å². The van der Waals surface area contributed by atoms with Crippen LogP contribution >= 0.6 is 0 Å². The number of hydrogen-bond acceptors (Lipinski definition) is 4. The number of nitrogens with one attached hydrogen (secondary N) is 2. The third-order valence-electron chi connectivity index (χ3n) is 3.99. The van der Waals surface area contributed by atoms with Gasteiger partial charge in [-0.1, -0.05) is 20.3 Å². The Balaban J connectivity index is 2.14. The Bertz CT molecular complexity index is 654. The molecule has 1 aliphatic carbocycles. The first-order valence-corrected chi connectivity index (χ1v) is 6.23. The number of fused-ring (bicyclic) bond motifs is 1. The molecule has 0 radical (unpaired) electrons. The quantitative estimate of drug-likeness (QED) is 0.711. The van der Waals surface area contributed by atoms with Crippen LogP contribution in [0.4, 0.5) is 5.95 Å². The van der Waals surface area contributed by atoms with Gasteiger partial charge >= 0.3 is 0 Å². The second-order valence-electron chi connectivity index (χ2n) is 5.71. The lowest BCUT2D eigenvalue weighted by atomic mass is 9.81. The largest absolute Gasteiger partial charge is 0.369 e. The van der Waals surface area contributed by atoms with Crippen LogP contribution in [0.25, 0.3) is 11.2 Å². The highest BCUT2D eigenvalue weighted by Gasteiger charge is 2.37. The molecule has 1 saturated carbocycles. The Morgan fingerprint density at radius 3 is 2.78 bits per heavy atom. The Morgan fingerprint density at radius 1 is 1.33 bits per heavy atom. The zero-order valence-electron chi connectivity index (χ0n) is 10.6. The topological polar surface area (TPSA) is 100 Å². The average molecular weight is 247 g/mol. The van der Waals surface area contributed by atoms with Crippen LogP contribution in [0.3, 0.4) is 0 Å². The molecule has 2 heterocycles. The Labute approximate surface area is 104 Å². The minimum absolute atomic E-state index is 0.108. The van der Waals surface area contributed by atoms with Gasteiger partial charge in [0.1, 0.15) is 5.82 Å². The summed E-state index contributed by atoms with van der Waals surface area (Å²) in [7, 11) is 0. The van der Waals surface area contributed by atoms with E-state index in [0.717, 1.165) is 12.2 Å². The molecular weight excluding hydrogens is 230 g/mol. The molecule has 3 rings (SSSR count). The van der Waals surface area contributed by atoms with Gasteiger partial charge in [0.2, 0.25) is 5.95 Å². The highest BCUT2D eigenvalue weighted by atomic mass is 16.1. The smallest absolute Gasteiger partial charge is 0.278 e. The van der Waals surface area contributed by atoms with Gasteiger partial charge in [-0.3, -0.25) is 9.78 Å². The third-order valence-corrected chi connectivity index (χ3v) is 3.99. The molecule has 0 aliphatic heterocycles. The molecule has 6 nitrogen and oxygen atoms in total. The fourth-order valence-corrected chi connectivity index (χ4v) is 2.94. The van der Waals surface area contributed by atoms with Crippen LogP contribution in [-0.2, 0) is 0 Å². The van der Waals surface area contributed by atoms with E-state index in [1.54, 1.807) is 0 Å². The van der Waals surface area contributed by atoms with Gasteiger partial charge in [-0.15, -0.1) is 0 Å². The number of H-pyrrole nitrogens is 2. The number of aromatic amines is 2. The van der Waals surface area contributed by atoms with Gasteiger partial charge < -0.3 is 10.7 Å². The summed E-state index contributed by atoms with van der Waals surface area (Å²) < 4.78 is 0. The van der Waals surface area contributed by atoms with Crippen molar-refractivity contribution in [3.8, 4) is 0 Å². The first kappa shape index (κ1) is 11.3. The highest BCUT2D eigenvalue weighted by Crippen LogP contribution is 2.47. The van der Waals surface area contributed by atoms with Crippen molar-refractivity contribution < 1.29 is 0 Å². The lowest BCUT2D eigenvalue weighted by Crippen LogP contribution is -2.16. The maximum Gasteiger partial charge on any atom is 0.278 e. The van der Waals surface area contributed by atoms with E-state index in [2.05, 4.69) is 33.8 Å². The normalized spacial score (nSPS) is 22.7. The molecule has 1 atom stereocenters. The maximum atomic E-state index is 11.7. The maximum absolute atomic E-state index is 11.7. The molecule has 1 aliphatic rings. The van der Waals surface area contributed by atoms with Gasteiger partial charge in [0.15, 0.2) is 11.2 Å². The molecular formula is C12H17N5O. The zero-order chi connectivity index (χ0) is 12.9. The van der Waals surface area contributed by atoms with Gasteiger partial charge in [-0.2, -0.15) is 4.98 Å². The number of nitrogens with zero attached hydrogens (tertiary/aromatic N) is 2. The lowest BCUT2D eigenvalue weighted by molar-refractivity contribution is 0.323. The highest BCUT2D eigenvalue weighted by molar-refractivity contribution is 5.70. The fourth-order valence-electron chi connectivity index (χ4n) is 2.94. The van der Waals surface area contributed by atoms with E-state index >= 15 is 0 Å². The molecule has 0 amide bonds. The molecule has 2 aromatic heterocycles. The van der Waals surface area contributed by atoms with Crippen LogP contribution in [0.15, 0.2) is 4.79 Å². The number of imidazole rings is 1. The van der Waals surface area contributed by atoms with E-state index in [9.17, 15) is 4.79 Å². The van der Waals surface area contributed by atoms with Crippen LogP contribution in [0.5, 0.6) is 0 Å². The van der Waals surface area contributed by atoms with E-state index in [1.165, 1.54) is 12.8 Å². The van der Waals surface area contributed by atoms with Crippen molar-refractivity contribution in [2.75, 3.05) is 5.73 Å². The number of anilines is 1. The van der Waals surface area contributed by atoms with E-state index in [-0.39, 0.29) is 16.9 Å². The summed E-state index contributed by atoms with van der Waals surface area (Å²) in [5.74, 6) is 1.32. The molecule has 96 valence electrons. The number of nitrogens with two attached hydrogens (primary N) is 1. The van der Waals surface area contributed by atoms with Crippen molar-refractivity contribution in [3.63, 3.8) is 0 Å². The summed E-state index contributed by atoms with van der Waals surface area (Å²) in [5.41, 5.74) is 6.31. The fraction of sp³-hybridized carbons (Fsp3) is 0.583. The average Bonchev–Trinajstić information content (AvgIpc) is 2.80. The number of aromatic nitrogens is 4. The standard InChI is InChI=1S/C12H17N5O/c1-12(2)5-3-4-6(12)8-14-7-9(15-8)16-11(13)17-10(7)18/h6H,3-5H2,1-2H3,(H4,13,14,15,16,17,18). The first-order valence-electron chi connectivity index (χ1n) is 6.23. The van der Waals surface area contributed by atoms with Crippen LogP contribution < -0.4 is 11.3 Å².